The molecule has 0 aliphatic carbocycles. The Kier molecular flexibility index (Phi) is 6.32. The Morgan fingerprint density at radius 1 is 1.19 bits per heavy atom. The first kappa shape index (κ1) is 20.0. The number of ether oxygens (including phenoxy) is 1. The van der Waals surface area contributed by atoms with Crippen molar-refractivity contribution in [3.05, 3.63) is 28.2 Å². The molecule has 1 amide bonds. The van der Waals surface area contributed by atoms with Gasteiger partial charge in [0.25, 0.3) is 5.56 Å². The fraction of sp³-hybridized carbons (Fsp3) is 0.750. The van der Waals surface area contributed by atoms with Crippen molar-refractivity contribution < 1.29 is 9.53 Å². The first-order chi connectivity index (χ1) is 12.8. The van der Waals surface area contributed by atoms with Crippen molar-refractivity contribution in [2.75, 3.05) is 39.3 Å². The van der Waals surface area contributed by atoms with E-state index >= 15 is 0 Å². The van der Waals surface area contributed by atoms with Crippen molar-refractivity contribution in [1.29, 1.82) is 0 Å². The molecular formula is C20H32N4O3. The Hall–Kier alpha value is -1.73. The molecule has 150 valence electrons. The van der Waals surface area contributed by atoms with Gasteiger partial charge in [-0.15, -0.1) is 0 Å². The number of rotatable bonds is 5. The second kappa shape index (κ2) is 8.52. The zero-order valence-corrected chi connectivity index (χ0v) is 16.8. The number of hydrogen-bond donors (Lipinski definition) is 0. The molecule has 1 atom stereocenters. The van der Waals surface area contributed by atoms with Crippen LogP contribution in [0.1, 0.15) is 45.7 Å². The Labute approximate surface area is 161 Å². The summed E-state index contributed by atoms with van der Waals surface area (Å²) in [6, 6.07) is 3.42. The standard InChI is InChI=1S/C20H32N4O3/c1-20(2,3)17-6-7-18(25)24(21-17)13-10-22-8-11-23(12-9-22)19(26)15-16-5-4-14-27-16/h6-7,16H,4-5,8-15H2,1-3H3. The van der Waals surface area contributed by atoms with Gasteiger partial charge in [-0.25, -0.2) is 4.68 Å². The Morgan fingerprint density at radius 2 is 1.93 bits per heavy atom. The molecule has 0 N–H and O–H groups in total. The molecule has 0 bridgehead atoms. The summed E-state index contributed by atoms with van der Waals surface area (Å²) >= 11 is 0. The average molecular weight is 377 g/mol. The van der Waals surface area contributed by atoms with Crippen LogP contribution in [0.4, 0.5) is 0 Å². The third-order valence-corrected chi connectivity index (χ3v) is 5.41. The maximum Gasteiger partial charge on any atom is 0.266 e. The van der Waals surface area contributed by atoms with Crippen LogP contribution in [0.5, 0.6) is 0 Å². The van der Waals surface area contributed by atoms with Crippen LogP contribution in [0.15, 0.2) is 16.9 Å². The van der Waals surface area contributed by atoms with E-state index in [9.17, 15) is 9.59 Å². The van der Waals surface area contributed by atoms with Crippen LogP contribution in [0, 0.1) is 0 Å². The van der Waals surface area contributed by atoms with Gasteiger partial charge in [-0.2, -0.15) is 5.10 Å². The molecule has 1 aromatic heterocycles. The van der Waals surface area contributed by atoms with Crippen LogP contribution in [-0.2, 0) is 21.5 Å². The van der Waals surface area contributed by atoms with Crippen molar-refractivity contribution in [3.8, 4) is 0 Å². The number of piperazine rings is 1. The Balaban J connectivity index is 1.47. The van der Waals surface area contributed by atoms with Crippen LogP contribution in [0.25, 0.3) is 0 Å². The predicted molar refractivity (Wildman–Crippen MR) is 104 cm³/mol. The summed E-state index contributed by atoms with van der Waals surface area (Å²) < 4.78 is 7.14. The van der Waals surface area contributed by atoms with Gasteiger partial charge in [0.05, 0.1) is 24.8 Å². The molecule has 0 spiro atoms. The number of carbonyl (C=O) groups is 1. The number of hydrogen-bond acceptors (Lipinski definition) is 5. The Morgan fingerprint density at radius 3 is 2.56 bits per heavy atom. The molecule has 1 unspecified atom stereocenters. The van der Waals surface area contributed by atoms with Gasteiger partial charge in [0, 0.05) is 50.8 Å². The summed E-state index contributed by atoms with van der Waals surface area (Å²) in [7, 11) is 0. The SMILES string of the molecule is CC(C)(C)c1ccc(=O)n(CCN2CCN(C(=O)CC3CCCO3)CC2)n1. The number of carbonyl (C=O) groups excluding carboxylic acids is 1. The maximum atomic E-state index is 12.4. The van der Waals surface area contributed by atoms with Crippen LogP contribution in [0.3, 0.4) is 0 Å². The lowest BCUT2D eigenvalue weighted by molar-refractivity contribution is -0.135. The van der Waals surface area contributed by atoms with Crippen LogP contribution in [0.2, 0.25) is 0 Å². The van der Waals surface area contributed by atoms with Crippen LogP contribution < -0.4 is 5.56 Å². The van der Waals surface area contributed by atoms with Crippen LogP contribution in [-0.4, -0.2) is 70.9 Å². The van der Waals surface area contributed by atoms with Gasteiger partial charge in [-0.1, -0.05) is 20.8 Å². The van der Waals surface area contributed by atoms with Gasteiger partial charge < -0.3 is 9.64 Å². The van der Waals surface area contributed by atoms with Crippen molar-refractivity contribution in [1.82, 2.24) is 19.6 Å². The highest BCUT2D eigenvalue weighted by Crippen LogP contribution is 2.18. The van der Waals surface area contributed by atoms with Crippen molar-refractivity contribution in [2.45, 2.75) is 58.1 Å². The van der Waals surface area contributed by atoms with Gasteiger partial charge in [0.15, 0.2) is 0 Å². The van der Waals surface area contributed by atoms with Crippen molar-refractivity contribution >= 4 is 5.91 Å². The molecule has 3 rings (SSSR count). The van der Waals surface area contributed by atoms with Crippen molar-refractivity contribution in [2.24, 2.45) is 0 Å². The molecule has 2 aliphatic rings. The van der Waals surface area contributed by atoms with Crippen LogP contribution >= 0.6 is 0 Å². The molecule has 3 heterocycles. The highest BCUT2D eigenvalue weighted by Gasteiger charge is 2.25. The topological polar surface area (TPSA) is 67.7 Å². The summed E-state index contributed by atoms with van der Waals surface area (Å²) in [5.74, 6) is 0.206. The zero-order valence-electron chi connectivity index (χ0n) is 16.8. The zero-order chi connectivity index (χ0) is 19.4. The van der Waals surface area contributed by atoms with E-state index in [2.05, 4.69) is 30.8 Å². The predicted octanol–water partition coefficient (Wildman–Crippen LogP) is 1.25. The molecular weight excluding hydrogens is 344 g/mol. The normalized spacial score (nSPS) is 21.6. The number of amides is 1. The lowest BCUT2D eigenvalue weighted by atomic mass is 9.92. The largest absolute Gasteiger partial charge is 0.378 e. The lowest BCUT2D eigenvalue weighted by Crippen LogP contribution is -2.50. The van der Waals surface area contributed by atoms with Crippen molar-refractivity contribution in [3.63, 3.8) is 0 Å². The number of aromatic nitrogens is 2. The smallest absolute Gasteiger partial charge is 0.266 e. The molecule has 2 fully saturated rings. The lowest BCUT2D eigenvalue weighted by Gasteiger charge is -2.35. The van der Waals surface area contributed by atoms with E-state index in [4.69, 9.17) is 4.74 Å². The second-order valence-electron chi connectivity index (χ2n) is 8.59. The van der Waals surface area contributed by atoms with Gasteiger partial charge in [0.1, 0.15) is 0 Å². The fourth-order valence-electron chi connectivity index (χ4n) is 3.60. The molecule has 2 aliphatic heterocycles. The summed E-state index contributed by atoms with van der Waals surface area (Å²) in [5.41, 5.74) is 0.782. The Bertz CT molecular complexity index is 696. The highest BCUT2D eigenvalue weighted by molar-refractivity contribution is 5.76. The maximum absolute atomic E-state index is 12.4. The first-order valence-corrected chi connectivity index (χ1v) is 10.0. The number of nitrogens with zero attached hydrogens (tertiary/aromatic N) is 4. The van der Waals surface area contributed by atoms with E-state index in [0.29, 0.717) is 13.0 Å². The van der Waals surface area contributed by atoms with E-state index in [1.807, 2.05) is 11.0 Å². The van der Waals surface area contributed by atoms with E-state index < -0.39 is 0 Å². The molecule has 2 saturated heterocycles. The highest BCUT2D eigenvalue weighted by atomic mass is 16.5. The summed E-state index contributed by atoms with van der Waals surface area (Å²) in [5, 5.41) is 4.53. The average Bonchev–Trinajstić information content (AvgIpc) is 3.13. The summed E-state index contributed by atoms with van der Waals surface area (Å²) in [6.07, 6.45) is 2.69. The second-order valence-corrected chi connectivity index (χ2v) is 8.59. The van der Waals surface area contributed by atoms with Gasteiger partial charge >= 0.3 is 0 Å². The molecule has 0 saturated carbocycles. The van der Waals surface area contributed by atoms with E-state index in [-0.39, 0.29) is 23.0 Å². The third-order valence-electron chi connectivity index (χ3n) is 5.41. The molecule has 27 heavy (non-hydrogen) atoms. The monoisotopic (exact) mass is 376 g/mol. The first-order valence-electron chi connectivity index (χ1n) is 10.0. The van der Waals surface area contributed by atoms with E-state index in [1.54, 1.807) is 10.7 Å². The van der Waals surface area contributed by atoms with E-state index in [0.717, 1.165) is 57.9 Å². The molecule has 7 nitrogen and oxygen atoms in total. The summed E-state index contributed by atoms with van der Waals surface area (Å²) in [6.45, 7) is 11.6. The minimum atomic E-state index is -0.0789. The fourth-order valence-corrected chi connectivity index (χ4v) is 3.60. The van der Waals surface area contributed by atoms with E-state index in [1.165, 1.54) is 0 Å². The minimum Gasteiger partial charge on any atom is -0.378 e. The summed E-state index contributed by atoms with van der Waals surface area (Å²) in [4.78, 5) is 28.7. The molecule has 7 heteroatoms. The quantitative estimate of drug-likeness (QED) is 0.774. The van der Waals surface area contributed by atoms with Gasteiger partial charge in [-0.05, 0) is 18.9 Å². The van der Waals surface area contributed by atoms with Gasteiger partial charge in [0.2, 0.25) is 5.91 Å². The minimum absolute atomic E-state index is 0.0617. The van der Waals surface area contributed by atoms with Gasteiger partial charge in [-0.3, -0.25) is 14.5 Å². The molecule has 0 aromatic carbocycles. The third kappa shape index (κ3) is 5.39. The molecule has 0 radical (unpaired) electrons. The molecule has 1 aromatic rings.